The molecule has 4 heteroatoms. The van der Waals surface area contributed by atoms with Gasteiger partial charge in [-0.1, -0.05) is 30.3 Å². The minimum atomic E-state index is 0.337. The summed E-state index contributed by atoms with van der Waals surface area (Å²) in [4.78, 5) is 3.07. The molecule has 4 nitrogen and oxygen atoms in total. The molecule has 0 fully saturated rings. The van der Waals surface area contributed by atoms with Crippen LogP contribution in [0.1, 0.15) is 5.56 Å². The standard InChI is InChI=1S/C10H9N4/c1-7-9(13-14-10(7)12-11)8-5-3-2-4-6-8/h2-6H,1H3,(H,13,14)/q+1. The largest absolute Gasteiger partial charge is 0.491 e. The number of aromatic amines is 1. The van der Waals surface area contributed by atoms with E-state index >= 15 is 0 Å². The molecule has 0 spiro atoms. The lowest BCUT2D eigenvalue weighted by Gasteiger charge is -1.94. The van der Waals surface area contributed by atoms with Gasteiger partial charge in [-0.05, 0) is 6.92 Å². The van der Waals surface area contributed by atoms with Gasteiger partial charge >= 0.3 is 5.82 Å². The first-order valence-corrected chi connectivity index (χ1v) is 4.28. The predicted octanol–water partition coefficient (Wildman–Crippen LogP) is 2.87. The van der Waals surface area contributed by atoms with E-state index in [2.05, 4.69) is 15.2 Å². The zero-order valence-corrected chi connectivity index (χ0v) is 7.73. The summed E-state index contributed by atoms with van der Waals surface area (Å²) in [5.74, 6) is 0.337. The number of benzene rings is 1. The van der Waals surface area contributed by atoms with E-state index < -0.39 is 0 Å². The van der Waals surface area contributed by atoms with E-state index in [0.717, 1.165) is 16.8 Å². The summed E-state index contributed by atoms with van der Waals surface area (Å²) >= 11 is 0. The van der Waals surface area contributed by atoms with Crippen LogP contribution in [0, 0.1) is 12.3 Å². The first kappa shape index (κ1) is 8.45. The molecule has 68 valence electrons. The summed E-state index contributed by atoms with van der Waals surface area (Å²) in [5, 5.41) is 15.3. The van der Waals surface area contributed by atoms with Gasteiger partial charge in [0.2, 0.25) is 0 Å². The van der Waals surface area contributed by atoms with Crippen molar-refractivity contribution in [1.29, 1.82) is 5.39 Å². The van der Waals surface area contributed by atoms with E-state index in [0.29, 0.717) is 5.82 Å². The minimum Gasteiger partial charge on any atom is -0.183 e. The summed E-state index contributed by atoms with van der Waals surface area (Å²) in [7, 11) is 0. The molecule has 0 radical (unpaired) electrons. The second kappa shape index (κ2) is 3.30. The molecule has 1 aromatic carbocycles. The van der Waals surface area contributed by atoms with Crippen LogP contribution in [0.25, 0.3) is 16.2 Å². The third-order valence-corrected chi connectivity index (χ3v) is 2.14. The molecule has 0 bridgehead atoms. The lowest BCUT2D eigenvalue weighted by atomic mass is 10.1. The number of hydrogen-bond acceptors (Lipinski definition) is 2. The molecule has 0 saturated heterocycles. The summed E-state index contributed by atoms with van der Waals surface area (Å²) < 4.78 is 0. The SMILES string of the molecule is Cc1c([N+]#N)n[nH]c1-c1ccccc1. The van der Waals surface area contributed by atoms with Crippen molar-refractivity contribution in [2.24, 2.45) is 0 Å². The van der Waals surface area contributed by atoms with Crippen molar-refractivity contribution in [3.8, 4) is 11.3 Å². The Kier molecular flexibility index (Phi) is 1.99. The Hall–Kier alpha value is -2.15. The normalized spacial score (nSPS) is 9.71. The highest BCUT2D eigenvalue weighted by molar-refractivity contribution is 5.68. The molecule has 2 rings (SSSR count). The fourth-order valence-electron chi connectivity index (χ4n) is 1.37. The van der Waals surface area contributed by atoms with E-state index in [1.807, 2.05) is 37.3 Å². The zero-order valence-electron chi connectivity index (χ0n) is 7.73. The first-order valence-electron chi connectivity index (χ1n) is 4.28. The number of aromatic nitrogens is 2. The molecule has 2 aromatic rings. The summed E-state index contributed by atoms with van der Waals surface area (Å²) in [6, 6.07) is 9.80. The number of H-pyrrole nitrogens is 1. The summed E-state index contributed by atoms with van der Waals surface area (Å²) in [6.07, 6.45) is 0. The van der Waals surface area contributed by atoms with Gasteiger partial charge in [0.1, 0.15) is 0 Å². The van der Waals surface area contributed by atoms with Crippen LogP contribution in [0.15, 0.2) is 30.3 Å². The number of rotatable bonds is 1. The van der Waals surface area contributed by atoms with Gasteiger partial charge < -0.3 is 0 Å². The van der Waals surface area contributed by atoms with Crippen LogP contribution in [0.4, 0.5) is 5.82 Å². The van der Waals surface area contributed by atoms with Crippen molar-refractivity contribution >= 4 is 5.82 Å². The van der Waals surface area contributed by atoms with Gasteiger partial charge in [-0.2, -0.15) is 5.10 Å². The Labute approximate surface area is 81.2 Å². The molecule has 0 aliphatic rings. The molecule has 14 heavy (non-hydrogen) atoms. The quantitative estimate of drug-likeness (QED) is 0.694. The van der Waals surface area contributed by atoms with Gasteiger partial charge in [-0.25, -0.2) is 0 Å². The van der Waals surface area contributed by atoms with Crippen molar-refractivity contribution in [2.45, 2.75) is 6.92 Å². The van der Waals surface area contributed by atoms with Gasteiger partial charge in [0, 0.05) is 10.5 Å². The van der Waals surface area contributed by atoms with Crippen LogP contribution in [0.5, 0.6) is 0 Å². The molecular weight excluding hydrogens is 176 g/mol. The molecule has 1 aromatic heterocycles. The molecule has 0 aliphatic carbocycles. The fraction of sp³-hybridized carbons (Fsp3) is 0.100. The van der Waals surface area contributed by atoms with Gasteiger partial charge in [0.15, 0.2) is 0 Å². The lowest BCUT2D eigenvalue weighted by molar-refractivity contribution is 1.10. The van der Waals surface area contributed by atoms with E-state index in [1.54, 1.807) is 0 Å². The molecule has 1 heterocycles. The van der Waals surface area contributed by atoms with E-state index in [9.17, 15) is 0 Å². The Morgan fingerprint density at radius 3 is 2.57 bits per heavy atom. The van der Waals surface area contributed by atoms with Gasteiger partial charge in [-0.3, -0.25) is 0 Å². The fourth-order valence-corrected chi connectivity index (χ4v) is 1.37. The van der Waals surface area contributed by atoms with Crippen molar-refractivity contribution in [2.75, 3.05) is 0 Å². The number of nitrogens with zero attached hydrogens (tertiary/aromatic N) is 3. The zero-order chi connectivity index (χ0) is 9.97. The van der Waals surface area contributed by atoms with E-state index in [4.69, 9.17) is 5.39 Å². The lowest BCUT2D eigenvalue weighted by Crippen LogP contribution is -1.79. The second-order valence-electron chi connectivity index (χ2n) is 3.01. The smallest absolute Gasteiger partial charge is 0.183 e. The summed E-state index contributed by atoms with van der Waals surface area (Å²) in [6.45, 7) is 1.86. The monoisotopic (exact) mass is 185 g/mol. The Morgan fingerprint density at radius 1 is 1.29 bits per heavy atom. The minimum absolute atomic E-state index is 0.337. The molecule has 0 unspecified atom stereocenters. The third-order valence-electron chi connectivity index (χ3n) is 2.14. The van der Waals surface area contributed by atoms with Crippen molar-refractivity contribution < 1.29 is 0 Å². The summed E-state index contributed by atoms with van der Waals surface area (Å²) in [5.41, 5.74) is 2.77. The maximum atomic E-state index is 8.62. The maximum Gasteiger partial charge on any atom is 0.491 e. The first-order chi connectivity index (χ1) is 6.83. The van der Waals surface area contributed by atoms with Crippen molar-refractivity contribution in [3.63, 3.8) is 0 Å². The van der Waals surface area contributed by atoms with Crippen molar-refractivity contribution in [3.05, 3.63) is 40.9 Å². The van der Waals surface area contributed by atoms with Crippen LogP contribution < -0.4 is 0 Å². The highest BCUT2D eigenvalue weighted by atomic mass is 15.2. The predicted molar refractivity (Wildman–Crippen MR) is 53.5 cm³/mol. The second-order valence-corrected chi connectivity index (χ2v) is 3.01. The number of nitrogens with one attached hydrogen (secondary N) is 1. The maximum absolute atomic E-state index is 8.62. The average molecular weight is 185 g/mol. The van der Waals surface area contributed by atoms with Crippen LogP contribution in [0.2, 0.25) is 0 Å². The molecule has 0 amide bonds. The third kappa shape index (κ3) is 1.25. The Morgan fingerprint density at radius 2 is 2.00 bits per heavy atom. The van der Waals surface area contributed by atoms with Gasteiger partial charge in [0.05, 0.1) is 21.7 Å². The van der Waals surface area contributed by atoms with Gasteiger partial charge in [0.25, 0.3) is 0 Å². The van der Waals surface area contributed by atoms with Crippen molar-refractivity contribution in [1.82, 2.24) is 10.2 Å². The Balaban J connectivity index is 2.54. The number of diazo groups is 1. The van der Waals surface area contributed by atoms with Crippen LogP contribution in [0.3, 0.4) is 0 Å². The van der Waals surface area contributed by atoms with E-state index in [1.165, 1.54) is 0 Å². The van der Waals surface area contributed by atoms with Crippen LogP contribution >= 0.6 is 0 Å². The highest BCUT2D eigenvalue weighted by Gasteiger charge is 2.19. The Bertz CT molecular complexity index is 479. The number of hydrogen-bond donors (Lipinski definition) is 1. The average Bonchev–Trinajstić information content (AvgIpc) is 2.61. The molecular formula is C10H9N4+. The highest BCUT2D eigenvalue weighted by Crippen LogP contribution is 2.26. The topological polar surface area (TPSA) is 56.8 Å². The molecule has 0 saturated carbocycles. The molecule has 0 aliphatic heterocycles. The van der Waals surface area contributed by atoms with Crippen LogP contribution in [-0.4, -0.2) is 10.2 Å². The molecule has 1 N–H and O–H groups in total. The van der Waals surface area contributed by atoms with Crippen LogP contribution in [-0.2, 0) is 0 Å². The molecule has 0 atom stereocenters. The van der Waals surface area contributed by atoms with Gasteiger partial charge in [-0.15, -0.1) is 0 Å². The van der Waals surface area contributed by atoms with E-state index in [-0.39, 0.29) is 0 Å².